The second-order valence-electron chi connectivity index (χ2n) is 5.75. The third-order valence-corrected chi connectivity index (χ3v) is 3.66. The Balaban J connectivity index is 1.90. The van der Waals surface area contributed by atoms with Gasteiger partial charge < -0.3 is 10.2 Å². The maximum Gasteiger partial charge on any atom is 0.405 e. The highest BCUT2D eigenvalue weighted by molar-refractivity contribution is 5.51. The van der Waals surface area contributed by atoms with Crippen LogP contribution in [0.3, 0.4) is 0 Å². The second-order valence-corrected chi connectivity index (χ2v) is 5.75. The lowest BCUT2D eigenvalue weighted by atomic mass is 10.3. The first-order chi connectivity index (χ1) is 9.96. The van der Waals surface area contributed by atoms with Crippen molar-refractivity contribution >= 4 is 11.6 Å². The standard InChI is InChI=1S/C14H19F3N4/c1-2-18-11-7-12(20-13(19-11)9-3-4-9)21(10-5-6-10)8-14(15,16)17/h7,9-10H,2-6,8H2,1H3,(H,18,19,20). The molecule has 0 saturated heterocycles. The minimum atomic E-state index is -4.22. The van der Waals surface area contributed by atoms with Gasteiger partial charge in [-0.1, -0.05) is 0 Å². The Labute approximate surface area is 121 Å². The molecule has 1 aromatic heterocycles. The van der Waals surface area contributed by atoms with Crippen LogP contribution in [0.4, 0.5) is 24.8 Å². The molecule has 0 spiro atoms. The predicted molar refractivity (Wildman–Crippen MR) is 74.6 cm³/mol. The number of nitrogens with one attached hydrogen (secondary N) is 1. The first-order valence-corrected chi connectivity index (χ1v) is 7.42. The van der Waals surface area contributed by atoms with Gasteiger partial charge in [-0.25, -0.2) is 9.97 Å². The van der Waals surface area contributed by atoms with Crippen molar-refractivity contribution in [3.8, 4) is 0 Å². The summed E-state index contributed by atoms with van der Waals surface area (Å²) in [6.07, 6.45) is -0.564. The van der Waals surface area contributed by atoms with Crippen LogP contribution in [0, 0.1) is 0 Å². The van der Waals surface area contributed by atoms with E-state index in [0.717, 1.165) is 25.7 Å². The molecule has 2 fully saturated rings. The van der Waals surface area contributed by atoms with Gasteiger partial charge in [0, 0.05) is 24.6 Å². The fourth-order valence-corrected chi connectivity index (χ4v) is 2.37. The van der Waals surface area contributed by atoms with Crippen LogP contribution in [0.25, 0.3) is 0 Å². The van der Waals surface area contributed by atoms with Gasteiger partial charge in [0.25, 0.3) is 0 Å². The van der Waals surface area contributed by atoms with Gasteiger partial charge in [0.2, 0.25) is 0 Å². The summed E-state index contributed by atoms with van der Waals surface area (Å²) in [6.45, 7) is 1.68. The molecule has 2 saturated carbocycles. The van der Waals surface area contributed by atoms with Crippen molar-refractivity contribution in [3.63, 3.8) is 0 Å². The van der Waals surface area contributed by atoms with Crippen molar-refractivity contribution in [2.75, 3.05) is 23.3 Å². The molecule has 0 atom stereocenters. The molecular formula is C14H19F3N4. The number of alkyl halides is 3. The van der Waals surface area contributed by atoms with Crippen LogP contribution in [0.15, 0.2) is 6.07 Å². The highest BCUT2D eigenvalue weighted by Gasteiger charge is 2.39. The van der Waals surface area contributed by atoms with Gasteiger partial charge in [-0.15, -0.1) is 0 Å². The van der Waals surface area contributed by atoms with Crippen LogP contribution in [-0.2, 0) is 0 Å². The van der Waals surface area contributed by atoms with E-state index >= 15 is 0 Å². The Morgan fingerprint density at radius 2 is 1.95 bits per heavy atom. The highest BCUT2D eigenvalue weighted by Crippen LogP contribution is 2.40. The third-order valence-electron chi connectivity index (χ3n) is 3.66. The van der Waals surface area contributed by atoms with Gasteiger partial charge in [-0.05, 0) is 32.6 Å². The number of hydrogen-bond acceptors (Lipinski definition) is 4. The van der Waals surface area contributed by atoms with Gasteiger partial charge >= 0.3 is 6.18 Å². The Morgan fingerprint density at radius 3 is 2.48 bits per heavy atom. The van der Waals surface area contributed by atoms with E-state index < -0.39 is 12.7 Å². The SMILES string of the molecule is CCNc1cc(N(CC(F)(F)F)C2CC2)nc(C2CC2)n1. The molecule has 0 aromatic carbocycles. The molecule has 2 aliphatic rings. The molecule has 7 heteroatoms. The van der Waals surface area contributed by atoms with E-state index in [0.29, 0.717) is 29.9 Å². The van der Waals surface area contributed by atoms with Gasteiger partial charge in [0.05, 0.1) is 0 Å². The molecule has 21 heavy (non-hydrogen) atoms. The van der Waals surface area contributed by atoms with Crippen LogP contribution < -0.4 is 10.2 Å². The molecule has 116 valence electrons. The number of anilines is 2. The summed E-state index contributed by atoms with van der Waals surface area (Å²) in [4.78, 5) is 10.2. The minimum absolute atomic E-state index is 0.0388. The summed E-state index contributed by atoms with van der Waals surface area (Å²) in [5, 5.41) is 3.09. The Bertz CT molecular complexity index is 509. The Morgan fingerprint density at radius 1 is 1.24 bits per heavy atom. The van der Waals surface area contributed by atoms with Crippen LogP contribution in [0.5, 0.6) is 0 Å². The average Bonchev–Trinajstić information content (AvgIpc) is 3.28. The summed E-state index contributed by atoms with van der Waals surface area (Å²) >= 11 is 0. The van der Waals surface area contributed by atoms with E-state index in [-0.39, 0.29) is 6.04 Å². The van der Waals surface area contributed by atoms with Crippen molar-refractivity contribution in [3.05, 3.63) is 11.9 Å². The number of halogens is 3. The summed E-state index contributed by atoms with van der Waals surface area (Å²) in [7, 11) is 0. The first kappa shape index (κ1) is 14.4. The number of rotatable bonds is 6. The minimum Gasteiger partial charge on any atom is -0.370 e. The van der Waals surface area contributed by atoms with E-state index in [1.165, 1.54) is 4.90 Å². The lowest BCUT2D eigenvalue weighted by molar-refractivity contribution is -0.120. The summed E-state index contributed by atoms with van der Waals surface area (Å²) in [5.74, 6) is 2.02. The van der Waals surface area contributed by atoms with E-state index in [4.69, 9.17) is 0 Å². The Hall–Kier alpha value is -1.53. The zero-order valence-electron chi connectivity index (χ0n) is 12.0. The lowest BCUT2D eigenvalue weighted by Gasteiger charge is -2.25. The molecule has 0 radical (unpaired) electrons. The molecule has 0 bridgehead atoms. The smallest absolute Gasteiger partial charge is 0.370 e. The fourth-order valence-electron chi connectivity index (χ4n) is 2.37. The quantitative estimate of drug-likeness (QED) is 0.875. The average molecular weight is 300 g/mol. The largest absolute Gasteiger partial charge is 0.405 e. The van der Waals surface area contributed by atoms with E-state index in [1.54, 1.807) is 6.07 Å². The topological polar surface area (TPSA) is 41.0 Å². The maximum atomic E-state index is 12.8. The van der Waals surface area contributed by atoms with E-state index in [2.05, 4.69) is 15.3 Å². The van der Waals surface area contributed by atoms with Crippen molar-refractivity contribution < 1.29 is 13.2 Å². The van der Waals surface area contributed by atoms with Crippen LogP contribution in [-0.4, -0.2) is 35.3 Å². The number of hydrogen-bond donors (Lipinski definition) is 1. The number of nitrogens with zero attached hydrogens (tertiary/aromatic N) is 3. The van der Waals surface area contributed by atoms with Crippen molar-refractivity contribution in [1.29, 1.82) is 0 Å². The summed E-state index contributed by atoms with van der Waals surface area (Å²) < 4.78 is 38.4. The molecule has 1 N–H and O–H groups in total. The molecule has 0 unspecified atom stereocenters. The van der Waals surface area contributed by atoms with Crippen LogP contribution in [0.2, 0.25) is 0 Å². The number of aromatic nitrogens is 2. The van der Waals surface area contributed by atoms with Gasteiger partial charge in [-0.3, -0.25) is 0 Å². The summed E-state index contributed by atoms with van der Waals surface area (Å²) in [5.41, 5.74) is 0. The van der Waals surface area contributed by atoms with Gasteiger partial charge in [0.1, 0.15) is 24.0 Å². The van der Waals surface area contributed by atoms with Crippen molar-refractivity contribution in [1.82, 2.24) is 9.97 Å². The third kappa shape index (κ3) is 3.77. The molecule has 2 aliphatic carbocycles. The molecule has 0 amide bonds. The first-order valence-electron chi connectivity index (χ1n) is 7.42. The summed E-state index contributed by atoms with van der Waals surface area (Å²) in [6, 6.07) is 1.60. The molecule has 1 aromatic rings. The maximum absolute atomic E-state index is 12.8. The molecule has 3 rings (SSSR count). The van der Waals surface area contributed by atoms with Crippen molar-refractivity contribution in [2.45, 2.75) is 50.7 Å². The van der Waals surface area contributed by atoms with Crippen LogP contribution in [0.1, 0.15) is 44.3 Å². The van der Waals surface area contributed by atoms with E-state index in [9.17, 15) is 13.2 Å². The second kappa shape index (κ2) is 5.35. The van der Waals surface area contributed by atoms with Gasteiger partial charge in [0.15, 0.2) is 0 Å². The monoisotopic (exact) mass is 300 g/mol. The molecule has 1 heterocycles. The predicted octanol–water partition coefficient (Wildman–Crippen LogP) is 3.32. The fraction of sp³-hybridized carbons (Fsp3) is 0.714. The highest BCUT2D eigenvalue weighted by atomic mass is 19.4. The molecule has 0 aliphatic heterocycles. The molecule has 4 nitrogen and oxygen atoms in total. The van der Waals surface area contributed by atoms with Gasteiger partial charge in [-0.2, -0.15) is 13.2 Å². The van der Waals surface area contributed by atoms with Crippen molar-refractivity contribution in [2.24, 2.45) is 0 Å². The Kier molecular flexibility index (Phi) is 3.67. The zero-order chi connectivity index (χ0) is 15.0. The lowest BCUT2D eigenvalue weighted by Crippen LogP contribution is -2.36. The van der Waals surface area contributed by atoms with Crippen LogP contribution >= 0.6 is 0 Å². The normalized spacial score (nSPS) is 18.7. The van der Waals surface area contributed by atoms with E-state index in [1.807, 2.05) is 6.92 Å². The molecular weight excluding hydrogens is 281 g/mol. The zero-order valence-corrected chi connectivity index (χ0v) is 12.0.